The quantitative estimate of drug-likeness (QED) is 0.650. The van der Waals surface area contributed by atoms with Crippen LogP contribution in [0.4, 0.5) is 22.7 Å². The Morgan fingerprint density at radius 1 is 0.792 bits per heavy atom. The summed E-state index contributed by atoms with van der Waals surface area (Å²) in [7, 11) is 0. The summed E-state index contributed by atoms with van der Waals surface area (Å²) in [5, 5.41) is 3.36. The van der Waals surface area contributed by atoms with Crippen molar-refractivity contribution >= 4 is 35.2 Å². The van der Waals surface area contributed by atoms with Gasteiger partial charge in [-0.3, -0.25) is 15.0 Å². The van der Waals surface area contributed by atoms with Gasteiger partial charge >= 0.3 is 0 Å². The van der Waals surface area contributed by atoms with Crippen LogP contribution < -0.4 is 5.32 Å². The molecule has 0 fully saturated rings. The maximum atomic E-state index is 4.43. The number of aliphatic imine (C=N–C) groups is 2. The molecule has 4 heteroatoms. The van der Waals surface area contributed by atoms with Gasteiger partial charge in [0.15, 0.2) is 0 Å². The third-order valence-corrected chi connectivity index (χ3v) is 3.34. The minimum Gasteiger partial charge on any atom is -0.356 e. The van der Waals surface area contributed by atoms with Crippen molar-refractivity contribution in [1.29, 1.82) is 0 Å². The lowest BCUT2D eigenvalue weighted by molar-refractivity contribution is 1.30. The number of rotatable bonds is 5. The molecule has 3 rings (SSSR count). The van der Waals surface area contributed by atoms with Crippen molar-refractivity contribution in [2.45, 2.75) is 6.92 Å². The number of nitrogens with zero attached hydrogens (tertiary/aromatic N) is 3. The molecule has 0 aliphatic heterocycles. The Labute approximate surface area is 141 Å². The van der Waals surface area contributed by atoms with E-state index in [1.54, 1.807) is 18.6 Å². The lowest BCUT2D eigenvalue weighted by Gasteiger charge is -2.06. The first kappa shape index (κ1) is 15.6. The predicted octanol–water partition coefficient (Wildman–Crippen LogP) is 5.30. The first-order chi connectivity index (χ1) is 11.8. The van der Waals surface area contributed by atoms with Crippen LogP contribution in [0.3, 0.4) is 0 Å². The van der Waals surface area contributed by atoms with Crippen LogP contribution in [0.25, 0.3) is 0 Å². The van der Waals surface area contributed by atoms with Crippen LogP contribution in [0.5, 0.6) is 0 Å². The van der Waals surface area contributed by atoms with E-state index in [2.05, 4.69) is 20.3 Å². The number of hydrogen-bond acceptors (Lipinski definition) is 4. The summed E-state index contributed by atoms with van der Waals surface area (Å²) in [5.41, 5.74) is 4.71. The second kappa shape index (κ2) is 7.83. The topological polar surface area (TPSA) is 49.6 Å². The number of aromatic nitrogens is 1. The summed E-state index contributed by atoms with van der Waals surface area (Å²) in [5.74, 6) is 0. The zero-order chi connectivity index (χ0) is 16.6. The molecule has 118 valence electrons. The van der Waals surface area contributed by atoms with Gasteiger partial charge in [-0.1, -0.05) is 6.07 Å². The molecule has 4 nitrogen and oxygen atoms in total. The van der Waals surface area contributed by atoms with Gasteiger partial charge in [0.05, 0.1) is 23.3 Å². The standard InChI is InChI=1S/C20H18N4/c1-2-21-16-6-10-18(11-7-16)24-19-12-8-17(9-13-19)23-15-20-5-3-4-14-22-20/h2-15,24H,1H3. The molecular weight excluding hydrogens is 296 g/mol. The van der Waals surface area contributed by atoms with Crippen molar-refractivity contribution in [2.75, 3.05) is 5.32 Å². The Kier molecular flexibility index (Phi) is 5.10. The Balaban J connectivity index is 1.65. The van der Waals surface area contributed by atoms with E-state index in [0.29, 0.717) is 0 Å². The molecule has 1 heterocycles. The lowest BCUT2D eigenvalue weighted by atomic mass is 10.2. The van der Waals surface area contributed by atoms with Crippen molar-refractivity contribution in [2.24, 2.45) is 9.98 Å². The number of hydrogen-bond donors (Lipinski definition) is 1. The van der Waals surface area contributed by atoms with Gasteiger partial charge in [-0.25, -0.2) is 0 Å². The lowest BCUT2D eigenvalue weighted by Crippen LogP contribution is -1.89. The first-order valence-electron chi connectivity index (χ1n) is 7.74. The summed E-state index contributed by atoms with van der Waals surface area (Å²) >= 11 is 0. The molecule has 0 radical (unpaired) electrons. The Bertz CT molecular complexity index is 820. The van der Waals surface area contributed by atoms with Crippen LogP contribution >= 0.6 is 0 Å². The molecule has 0 spiro atoms. The predicted molar refractivity (Wildman–Crippen MR) is 101 cm³/mol. The summed E-state index contributed by atoms with van der Waals surface area (Å²) < 4.78 is 0. The Morgan fingerprint density at radius 3 is 1.96 bits per heavy atom. The highest BCUT2D eigenvalue weighted by atomic mass is 14.9. The first-order valence-corrected chi connectivity index (χ1v) is 7.74. The van der Waals surface area contributed by atoms with E-state index in [-0.39, 0.29) is 0 Å². The maximum Gasteiger partial charge on any atom is 0.0812 e. The molecule has 1 aromatic heterocycles. The highest BCUT2D eigenvalue weighted by molar-refractivity contribution is 5.79. The van der Waals surface area contributed by atoms with E-state index in [1.807, 2.05) is 73.7 Å². The van der Waals surface area contributed by atoms with Gasteiger partial charge in [-0.15, -0.1) is 0 Å². The van der Waals surface area contributed by atoms with Crippen LogP contribution in [0.15, 0.2) is 82.9 Å². The van der Waals surface area contributed by atoms with Gasteiger partial charge in [-0.05, 0) is 67.6 Å². The van der Waals surface area contributed by atoms with E-state index >= 15 is 0 Å². The number of benzene rings is 2. The van der Waals surface area contributed by atoms with Gasteiger partial charge < -0.3 is 5.32 Å². The van der Waals surface area contributed by atoms with Crippen molar-refractivity contribution in [3.8, 4) is 0 Å². The third-order valence-electron chi connectivity index (χ3n) is 3.34. The molecule has 24 heavy (non-hydrogen) atoms. The zero-order valence-electron chi connectivity index (χ0n) is 13.4. The van der Waals surface area contributed by atoms with Gasteiger partial charge in [0, 0.05) is 23.8 Å². The minimum atomic E-state index is 0.842. The molecule has 0 saturated heterocycles. The molecule has 2 aromatic carbocycles. The Morgan fingerprint density at radius 2 is 1.42 bits per heavy atom. The Hall–Kier alpha value is -3.27. The van der Waals surface area contributed by atoms with Crippen molar-refractivity contribution in [3.63, 3.8) is 0 Å². The van der Waals surface area contributed by atoms with Crippen LogP contribution in [-0.2, 0) is 0 Å². The SMILES string of the molecule is CC=Nc1ccc(Nc2ccc(N=Cc3ccccn3)cc2)cc1. The van der Waals surface area contributed by atoms with E-state index in [1.165, 1.54) is 0 Å². The smallest absolute Gasteiger partial charge is 0.0812 e. The minimum absolute atomic E-state index is 0.842. The van der Waals surface area contributed by atoms with Crippen molar-refractivity contribution in [1.82, 2.24) is 4.98 Å². The fourth-order valence-electron chi connectivity index (χ4n) is 2.17. The monoisotopic (exact) mass is 314 g/mol. The molecule has 0 amide bonds. The molecule has 1 N–H and O–H groups in total. The summed E-state index contributed by atoms with van der Waals surface area (Å²) in [6.45, 7) is 1.91. The molecule has 0 unspecified atom stereocenters. The largest absolute Gasteiger partial charge is 0.356 e. The van der Waals surface area contributed by atoms with Gasteiger partial charge in [0.25, 0.3) is 0 Å². The third kappa shape index (κ3) is 4.36. The number of pyridine rings is 1. The molecule has 0 atom stereocenters. The molecule has 0 aliphatic rings. The van der Waals surface area contributed by atoms with Crippen LogP contribution in [0.1, 0.15) is 12.6 Å². The normalized spacial score (nSPS) is 11.2. The fraction of sp³-hybridized carbons (Fsp3) is 0.0500. The molecular formula is C20H18N4. The van der Waals surface area contributed by atoms with E-state index in [9.17, 15) is 0 Å². The molecule has 0 aliphatic carbocycles. The average molecular weight is 314 g/mol. The molecule has 3 aromatic rings. The van der Waals surface area contributed by atoms with Gasteiger partial charge in [0.1, 0.15) is 0 Å². The van der Waals surface area contributed by atoms with E-state index in [4.69, 9.17) is 0 Å². The zero-order valence-corrected chi connectivity index (χ0v) is 13.4. The summed E-state index contributed by atoms with van der Waals surface area (Å²) in [6, 6.07) is 21.7. The van der Waals surface area contributed by atoms with E-state index < -0.39 is 0 Å². The number of nitrogens with one attached hydrogen (secondary N) is 1. The van der Waals surface area contributed by atoms with Crippen molar-refractivity contribution in [3.05, 3.63) is 78.6 Å². The maximum absolute atomic E-state index is 4.43. The second-order valence-electron chi connectivity index (χ2n) is 5.12. The highest BCUT2D eigenvalue weighted by Gasteiger charge is 1.96. The van der Waals surface area contributed by atoms with Crippen LogP contribution in [-0.4, -0.2) is 17.4 Å². The number of anilines is 2. The summed E-state index contributed by atoms with van der Waals surface area (Å²) in [4.78, 5) is 12.9. The highest BCUT2D eigenvalue weighted by Crippen LogP contribution is 2.22. The van der Waals surface area contributed by atoms with E-state index in [0.717, 1.165) is 28.4 Å². The van der Waals surface area contributed by atoms with Gasteiger partial charge in [0.2, 0.25) is 0 Å². The summed E-state index contributed by atoms with van der Waals surface area (Å²) in [6.07, 6.45) is 5.30. The van der Waals surface area contributed by atoms with Gasteiger partial charge in [-0.2, -0.15) is 0 Å². The van der Waals surface area contributed by atoms with Crippen molar-refractivity contribution < 1.29 is 0 Å². The molecule has 0 saturated carbocycles. The van der Waals surface area contributed by atoms with Crippen LogP contribution in [0.2, 0.25) is 0 Å². The fourth-order valence-corrected chi connectivity index (χ4v) is 2.17. The second-order valence-corrected chi connectivity index (χ2v) is 5.12. The van der Waals surface area contributed by atoms with Crippen LogP contribution in [0, 0.1) is 0 Å². The molecule has 0 bridgehead atoms. The average Bonchev–Trinajstić information content (AvgIpc) is 2.64.